The summed E-state index contributed by atoms with van der Waals surface area (Å²) < 4.78 is 0. The van der Waals surface area contributed by atoms with E-state index < -0.39 is 4.92 Å². The summed E-state index contributed by atoms with van der Waals surface area (Å²) in [6.45, 7) is 5.78. The molecule has 4 rings (SSSR count). The third-order valence-electron chi connectivity index (χ3n) is 5.31. The van der Waals surface area contributed by atoms with E-state index in [1.807, 2.05) is 51.1 Å². The summed E-state index contributed by atoms with van der Waals surface area (Å²) in [7, 11) is 0. The highest BCUT2D eigenvalue weighted by Gasteiger charge is 2.21. The average Bonchev–Trinajstić information content (AvgIpc) is 2.73. The predicted octanol–water partition coefficient (Wildman–Crippen LogP) is 6.64. The molecule has 7 heteroatoms. The number of nitrogens with zero attached hydrogens (tertiary/aromatic N) is 2. The zero-order valence-corrected chi connectivity index (χ0v) is 18.5. The smallest absolute Gasteiger partial charge is 0.271 e. The van der Waals surface area contributed by atoms with E-state index in [1.54, 1.807) is 12.1 Å². The summed E-state index contributed by atoms with van der Waals surface area (Å²) in [6, 6.07) is 17.2. The van der Waals surface area contributed by atoms with E-state index in [2.05, 4.69) is 5.32 Å². The highest BCUT2D eigenvalue weighted by molar-refractivity contribution is 6.30. The fourth-order valence-corrected chi connectivity index (χ4v) is 4.11. The van der Waals surface area contributed by atoms with Crippen molar-refractivity contribution in [2.75, 3.05) is 5.32 Å². The lowest BCUT2D eigenvalue weighted by Gasteiger charge is -2.17. The van der Waals surface area contributed by atoms with E-state index >= 15 is 0 Å². The molecule has 32 heavy (non-hydrogen) atoms. The largest absolute Gasteiger partial charge is 0.322 e. The van der Waals surface area contributed by atoms with Crippen LogP contribution < -0.4 is 5.32 Å². The quantitative estimate of drug-likeness (QED) is 0.282. The van der Waals surface area contributed by atoms with Crippen LogP contribution in [0.5, 0.6) is 0 Å². The first-order valence-electron chi connectivity index (χ1n) is 9.98. The molecule has 0 aliphatic rings. The second-order valence-electron chi connectivity index (χ2n) is 7.71. The fraction of sp³-hybridized carbons (Fsp3) is 0.120. The zero-order valence-electron chi connectivity index (χ0n) is 17.8. The Morgan fingerprint density at radius 2 is 1.78 bits per heavy atom. The van der Waals surface area contributed by atoms with Crippen molar-refractivity contribution in [3.8, 4) is 11.3 Å². The fourth-order valence-electron chi connectivity index (χ4n) is 3.92. The Kier molecular flexibility index (Phi) is 5.63. The van der Waals surface area contributed by atoms with Gasteiger partial charge in [-0.25, -0.2) is 4.98 Å². The number of amides is 1. The lowest BCUT2D eigenvalue weighted by atomic mass is 9.94. The van der Waals surface area contributed by atoms with Gasteiger partial charge in [-0.05, 0) is 56.2 Å². The van der Waals surface area contributed by atoms with Gasteiger partial charge in [-0.3, -0.25) is 14.9 Å². The minimum atomic E-state index is -0.493. The summed E-state index contributed by atoms with van der Waals surface area (Å²) in [4.78, 5) is 29.0. The minimum absolute atomic E-state index is 0.0922. The van der Waals surface area contributed by atoms with Gasteiger partial charge in [0, 0.05) is 33.8 Å². The van der Waals surface area contributed by atoms with Gasteiger partial charge < -0.3 is 5.32 Å². The molecule has 4 aromatic rings. The number of aromatic nitrogens is 1. The van der Waals surface area contributed by atoms with Crippen LogP contribution in [0.2, 0.25) is 5.02 Å². The number of fused-ring (bicyclic) bond motifs is 1. The summed E-state index contributed by atoms with van der Waals surface area (Å²) in [6.07, 6.45) is 0. The molecule has 160 valence electrons. The molecule has 0 unspecified atom stereocenters. The molecule has 0 fully saturated rings. The van der Waals surface area contributed by atoms with Gasteiger partial charge in [-0.2, -0.15) is 0 Å². The molecule has 3 aromatic carbocycles. The van der Waals surface area contributed by atoms with Crippen LogP contribution in [0.3, 0.4) is 0 Å². The van der Waals surface area contributed by atoms with Crippen molar-refractivity contribution in [3.63, 3.8) is 0 Å². The second kappa shape index (κ2) is 8.40. The first-order chi connectivity index (χ1) is 15.2. The molecular formula is C25H20ClN3O3. The number of carbonyl (C=O) groups is 1. The third kappa shape index (κ3) is 4.05. The number of aryl methyl sites for hydroxylation is 2. The number of nitrogens with one attached hydrogen (secondary N) is 1. The highest BCUT2D eigenvalue weighted by atomic mass is 35.5. The first-order valence-corrected chi connectivity index (χ1v) is 10.4. The Bertz CT molecular complexity index is 1400. The van der Waals surface area contributed by atoms with Crippen LogP contribution in [-0.4, -0.2) is 15.8 Å². The average molecular weight is 446 g/mol. The van der Waals surface area contributed by atoms with Gasteiger partial charge in [-0.1, -0.05) is 41.4 Å². The number of nitro benzene ring substituents is 1. The van der Waals surface area contributed by atoms with Gasteiger partial charge in [0.15, 0.2) is 0 Å². The van der Waals surface area contributed by atoms with Gasteiger partial charge in [0.05, 0.1) is 21.7 Å². The number of pyridine rings is 1. The number of halogens is 1. The Balaban J connectivity index is 1.92. The second-order valence-corrected chi connectivity index (χ2v) is 8.15. The van der Waals surface area contributed by atoms with Crippen LogP contribution in [0.4, 0.5) is 11.4 Å². The molecule has 0 radical (unpaired) electrons. The predicted molar refractivity (Wildman–Crippen MR) is 127 cm³/mol. The lowest BCUT2D eigenvalue weighted by Crippen LogP contribution is -2.15. The molecule has 0 spiro atoms. The standard InChI is InChI=1S/C25H20ClN3O3/c1-14-10-15(2)23-21(11-14)22(16(3)24(28-23)17-6-4-7-18(26)12-17)25(30)27-19-8-5-9-20(13-19)29(31)32/h4-13H,1-3H3,(H,27,30). The maximum absolute atomic E-state index is 13.5. The monoisotopic (exact) mass is 445 g/mol. The Morgan fingerprint density at radius 1 is 1.03 bits per heavy atom. The minimum Gasteiger partial charge on any atom is -0.322 e. The van der Waals surface area contributed by atoms with Crippen molar-refractivity contribution in [2.24, 2.45) is 0 Å². The summed E-state index contributed by atoms with van der Waals surface area (Å²) in [5.41, 5.74) is 5.59. The molecule has 1 aromatic heterocycles. The zero-order chi connectivity index (χ0) is 23.0. The van der Waals surface area contributed by atoms with Crippen molar-refractivity contribution in [1.29, 1.82) is 0 Å². The molecule has 1 amide bonds. The number of benzene rings is 3. The van der Waals surface area contributed by atoms with Gasteiger partial charge in [0.2, 0.25) is 0 Å². The molecule has 1 N–H and O–H groups in total. The van der Waals surface area contributed by atoms with Crippen molar-refractivity contribution < 1.29 is 9.72 Å². The van der Waals surface area contributed by atoms with Crippen molar-refractivity contribution in [2.45, 2.75) is 20.8 Å². The summed E-state index contributed by atoms with van der Waals surface area (Å²) >= 11 is 6.21. The van der Waals surface area contributed by atoms with E-state index in [1.165, 1.54) is 18.2 Å². The Hall–Kier alpha value is -3.77. The van der Waals surface area contributed by atoms with Crippen molar-refractivity contribution >= 4 is 39.8 Å². The molecule has 6 nitrogen and oxygen atoms in total. The molecule has 0 bridgehead atoms. The van der Waals surface area contributed by atoms with Gasteiger partial charge in [0.25, 0.3) is 11.6 Å². The summed E-state index contributed by atoms with van der Waals surface area (Å²) in [5.74, 6) is -0.358. The topological polar surface area (TPSA) is 85.1 Å². The van der Waals surface area contributed by atoms with Crippen LogP contribution in [0, 0.1) is 30.9 Å². The Morgan fingerprint density at radius 3 is 2.50 bits per heavy atom. The van der Waals surface area contributed by atoms with E-state index in [4.69, 9.17) is 16.6 Å². The van der Waals surface area contributed by atoms with E-state index in [0.717, 1.165) is 27.6 Å². The Labute approximate surface area is 190 Å². The number of rotatable bonds is 4. The number of hydrogen-bond donors (Lipinski definition) is 1. The lowest BCUT2D eigenvalue weighted by molar-refractivity contribution is -0.384. The highest BCUT2D eigenvalue weighted by Crippen LogP contribution is 2.33. The maximum Gasteiger partial charge on any atom is 0.271 e. The number of nitro groups is 1. The van der Waals surface area contributed by atoms with Crippen LogP contribution >= 0.6 is 11.6 Å². The van der Waals surface area contributed by atoms with E-state index in [9.17, 15) is 14.9 Å². The first kappa shape index (κ1) is 21.5. The van der Waals surface area contributed by atoms with Crippen LogP contribution in [0.1, 0.15) is 27.0 Å². The van der Waals surface area contributed by atoms with Gasteiger partial charge in [0.1, 0.15) is 0 Å². The molecule has 0 atom stereocenters. The molecule has 0 aliphatic carbocycles. The summed E-state index contributed by atoms with van der Waals surface area (Å²) in [5, 5.41) is 15.2. The SMILES string of the molecule is Cc1cc(C)c2nc(-c3cccc(Cl)c3)c(C)c(C(=O)Nc3cccc([N+](=O)[O-])c3)c2c1. The molecule has 0 saturated carbocycles. The third-order valence-corrected chi connectivity index (χ3v) is 5.54. The van der Waals surface area contributed by atoms with Crippen LogP contribution in [-0.2, 0) is 0 Å². The molecule has 1 heterocycles. The number of non-ortho nitro benzene ring substituents is 1. The van der Waals surface area contributed by atoms with Crippen LogP contribution in [0.15, 0.2) is 60.7 Å². The van der Waals surface area contributed by atoms with Crippen molar-refractivity contribution in [3.05, 3.63) is 98.1 Å². The normalized spacial score (nSPS) is 10.9. The van der Waals surface area contributed by atoms with E-state index in [0.29, 0.717) is 27.5 Å². The van der Waals surface area contributed by atoms with Gasteiger partial charge in [-0.15, -0.1) is 0 Å². The molecular weight excluding hydrogens is 426 g/mol. The van der Waals surface area contributed by atoms with Crippen LogP contribution in [0.25, 0.3) is 22.2 Å². The number of anilines is 1. The molecule has 0 saturated heterocycles. The number of carbonyl (C=O) groups excluding carboxylic acids is 1. The van der Waals surface area contributed by atoms with Gasteiger partial charge >= 0.3 is 0 Å². The van der Waals surface area contributed by atoms with E-state index in [-0.39, 0.29) is 11.6 Å². The molecule has 0 aliphatic heterocycles. The van der Waals surface area contributed by atoms with Crippen molar-refractivity contribution in [1.82, 2.24) is 4.98 Å². The number of hydrogen-bond acceptors (Lipinski definition) is 4. The maximum atomic E-state index is 13.5.